The molecule has 0 radical (unpaired) electrons. The van der Waals surface area contributed by atoms with Crippen molar-refractivity contribution in [3.63, 3.8) is 0 Å². The first-order valence-corrected chi connectivity index (χ1v) is 9.45. The number of aryl methyl sites for hydroxylation is 1. The van der Waals surface area contributed by atoms with Gasteiger partial charge in [-0.1, -0.05) is 30.3 Å². The van der Waals surface area contributed by atoms with E-state index in [9.17, 15) is 30.3 Å². The van der Waals surface area contributed by atoms with Crippen LogP contribution in [0.4, 0.5) is 17.1 Å². The molecule has 13 heteroatoms. The second-order valence-corrected chi connectivity index (χ2v) is 6.57. The Morgan fingerprint density at radius 1 is 1.00 bits per heavy atom. The SMILES string of the molecule is N#CCCCc1nccn1Cc1ccccc1.O=[N+]([O-])c1cc([N+](=O)[O-])c(O)c([N+](=O)[O-])c1. The molecule has 0 saturated heterocycles. The number of nitro groups is 3. The zero-order chi connectivity index (χ0) is 24.4. The summed E-state index contributed by atoms with van der Waals surface area (Å²) in [7, 11) is 0. The largest absolute Gasteiger partial charge is 0.497 e. The van der Waals surface area contributed by atoms with Gasteiger partial charge >= 0.3 is 11.4 Å². The lowest BCUT2D eigenvalue weighted by molar-refractivity contribution is -0.404. The molecule has 0 spiro atoms. The number of phenols is 1. The van der Waals surface area contributed by atoms with E-state index in [4.69, 9.17) is 10.4 Å². The zero-order valence-corrected chi connectivity index (χ0v) is 17.1. The van der Waals surface area contributed by atoms with Crippen molar-refractivity contribution in [3.8, 4) is 11.8 Å². The summed E-state index contributed by atoms with van der Waals surface area (Å²) in [6, 6.07) is 13.4. The lowest BCUT2D eigenvalue weighted by Crippen LogP contribution is -2.04. The third-order valence-corrected chi connectivity index (χ3v) is 4.35. The fraction of sp³-hybridized carbons (Fsp3) is 0.200. The summed E-state index contributed by atoms with van der Waals surface area (Å²) in [5.74, 6) is -0.148. The summed E-state index contributed by atoms with van der Waals surface area (Å²) in [6.45, 7) is 0.850. The number of nitriles is 1. The van der Waals surface area contributed by atoms with Crippen LogP contribution in [0.25, 0.3) is 0 Å². The van der Waals surface area contributed by atoms with Gasteiger partial charge in [-0.2, -0.15) is 5.26 Å². The molecule has 0 saturated carbocycles. The predicted molar refractivity (Wildman–Crippen MR) is 114 cm³/mol. The molecule has 0 unspecified atom stereocenters. The average molecular weight is 454 g/mol. The number of hydrogen-bond donors (Lipinski definition) is 1. The van der Waals surface area contributed by atoms with Crippen molar-refractivity contribution in [1.29, 1.82) is 5.26 Å². The summed E-state index contributed by atoms with van der Waals surface area (Å²) in [5, 5.41) is 48.7. The molecule has 0 atom stereocenters. The topological polar surface area (TPSA) is 191 Å². The fourth-order valence-corrected chi connectivity index (χ4v) is 2.79. The first-order valence-electron chi connectivity index (χ1n) is 9.45. The van der Waals surface area contributed by atoms with E-state index >= 15 is 0 Å². The first-order chi connectivity index (χ1) is 15.7. The Morgan fingerprint density at radius 2 is 1.61 bits per heavy atom. The van der Waals surface area contributed by atoms with Crippen LogP contribution in [-0.2, 0) is 13.0 Å². The molecule has 0 fully saturated rings. The van der Waals surface area contributed by atoms with Gasteiger partial charge < -0.3 is 9.67 Å². The number of non-ortho nitro benzene ring substituents is 1. The number of hydrogen-bond acceptors (Lipinski definition) is 9. The third-order valence-electron chi connectivity index (χ3n) is 4.35. The molecule has 1 heterocycles. The maximum absolute atomic E-state index is 10.4. The number of aromatic hydroxyl groups is 1. The number of nitrogens with zero attached hydrogens (tertiary/aromatic N) is 6. The number of phenolic OH excluding ortho intramolecular Hbond substituents is 1. The maximum atomic E-state index is 10.4. The molecule has 0 aliphatic carbocycles. The molecule has 0 aliphatic rings. The van der Waals surface area contributed by atoms with E-state index in [1.165, 1.54) is 5.56 Å². The Hall–Kier alpha value is -4.86. The molecule has 2 aromatic carbocycles. The lowest BCUT2D eigenvalue weighted by Gasteiger charge is -2.07. The lowest BCUT2D eigenvalue weighted by atomic mass is 10.2. The second kappa shape index (κ2) is 11.5. The molecule has 33 heavy (non-hydrogen) atoms. The summed E-state index contributed by atoms with van der Waals surface area (Å²) < 4.78 is 2.15. The number of imidazole rings is 1. The highest BCUT2D eigenvalue weighted by Gasteiger charge is 2.30. The van der Waals surface area contributed by atoms with Crippen LogP contribution >= 0.6 is 0 Å². The summed E-state index contributed by atoms with van der Waals surface area (Å²) in [5.41, 5.74) is -1.73. The van der Waals surface area contributed by atoms with Gasteiger partial charge in [0, 0.05) is 31.8 Å². The van der Waals surface area contributed by atoms with Gasteiger partial charge in [-0.25, -0.2) is 4.98 Å². The Balaban J connectivity index is 0.000000234. The van der Waals surface area contributed by atoms with Crippen molar-refractivity contribution in [2.75, 3.05) is 0 Å². The monoisotopic (exact) mass is 454 g/mol. The Labute approximate surface area is 186 Å². The Morgan fingerprint density at radius 3 is 2.12 bits per heavy atom. The molecular formula is C20H18N6O7. The van der Waals surface area contributed by atoms with Gasteiger partial charge in [0.05, 0.1) is 33.0 Å². The van der Waals surface area contributed by atoms with Crippen LogP contribution in [0, 0.1) is 41.7 Å². The number of rotatable bonds is 8. The van der Waals surface area contributed by atoms with Gasteiger partial charge in [-0.3, -0.25) is 30.3 Å². The van der Waals surface area contributed by atoms with E-state index in [-0.39, 0.29) is 0 Å². The van der Waals surface area contributed by atoms with Crippen molar-refractivity contribution in [2.45, 2.75) is 25.8 Å². The molecule has 3 aromatic rings. The highest BCUT2D eigenvalue weighted by atomic mass is 16.6. The number of benzene rings is 2. The van der Waals surface area contributed by atoms with Crippen molar-refractivity contribution < 1.29 is 19.9 Å². The maximum Gasteiger partial charge on any atom is 0.324 e. The molecule has 1 N–H and O–H groups in total. The highest BCUT2D eigenvalue weighted by molar-refractivity contribution is 5.64. The van der Waals surface area contributed by atoms with Crippen LogP contribution in [-0.4, -0.2) is 29.4 Å². The third kappa shape index (κ3) is 6.82. The van der Waals surface area contributed by atoms with Gasteiger partial charge in [0.15, 0.2) is 0 Å². The highest BCUT2D eigenvalue weighted by Crippen LogP contribution is 2.38. The minimum atomic E-state index is -1.21. The van der Waals surface area contributed by atoms with Crippen molar-refractivity contribution in [2.24, 2.45) is 0 Å². The minimum Gasteiger partial charge on any atom is -0.497 e. The molecule has 0 amide bonds. The van der Waals surface area contributed by atoms with Gasteiger partial charge in [0.25, 0.3) is 11.4 Å². The van der Waals surface area contributed by atoms with Crippen molar-refractivity contribution >= 4 is 17.1 Å². The quantitative estimate of drug-likeness (QED) is 0.298. The van der Waals surface area contributed by atoms with Gasteiger partial charge in [0.2, 0.25) is 0 Å². The number of unbranched alkanes of at least 4 members (excludes halogenated alkanes) is 1. The van der Waals surface area contributed by atoms with E-state index in [2.05, 4.69) is 27.8 Å². The van der Waals surface area contributed by atoms with Crippen LogP contribution in [0.1, 0.15) is 24.2 Å². The summed E-state index contributed by atoms with van der Waals surface area (Å²) in [6.07, 6.45) is 6.16. The van der Waals surface area contributed by atoms with E-state index < -0.39 is 37.6 Å². The Bertz CT molecular complexity index is 1150. The molecule has 3 rings (SSSR count). The van der Waals surface area contributed by atoms with Crippen LogP contribution < -0.4 is 0 Å². The molecule has 170 valence electrons. The van der Waals surface area contributed by atoms with E-state index in [0.717, 1.165) is 25.2 Å². The van der Waals surface area contributed by atoms with E-state index in [1.807, 2.05) is 30.6 Å². The van der Waals surface area contributed by atoms with Crippen molar-refractivity contribution in [1.82, 2.24) is 9.55 Å². The van der Waals surface area contributed by atoms with Gasteiger partial charge in [-0.15, -0.1) is 0 Å². The van der Waals surface area contributed by atoms with Crippen LogP contribution in [0.2, 0.25) is 0 Å². The standard InChI is InChI=1S/C14H15N3.C6H3N3O7/c15-9-5-4-8-14-16-10-11-17(14)12-13-6-2-1-3-7-13;10-6-4(8(13)14)1-3(7(11)12)2-5(6)9(15)16/h1-3,6-7,10-11H,4-5,8,12H2;1-2,10H. The van der Waals surface area contributed by atoms with E-state index in [0.29, 0.717) is 18.6 Å². The number of nitro benzene ring substituents is 3. The predicted octanol–water partition coefficient (Wildman–Crippen LogP) is 3.89. The summed E-state index contributed by atoms with van der Waals surface area (Å²) >= 11 is 0. The Kier molecular flexibility index (Phi) is 8.51. The average Bonchev–Trinajstić information content (AvgIpc) is 3.21. The summed E-state index contributed by atoms with van der Waals surface area (Å²) in [4.78, 5) is 32.1. The molecular weight excluding hydrogens is 436 g/mol. The van der Waals surface area contributed by atoms with Crippen LogP contribution in [0.15, 0.2) is 54.9 Å². The van der Waals surface area contributed by atoms with Crippen molar-refractivity contribution in [3.05, 3.63) is 96.6 Å². The zero-order valence-electron chi connectivity index (χ0n) is 17.1. The normalized spacial score (nSPS) is 9.91. The fourth-order valence-electron chi connectivity index (χ4n) is 2.79. The molecule has 0 bridgehead atoms. The van der Waals surface area contributed by atoms with Gasteiger partial charge in [0.1, 0.15) is 5.82 Å². The van der Waals surface area contributed by atoms with Crippen LogP contribution in [0.5, 0.6) is 5.75 Å². The number of aromatic nitrogens is 2. The van der Waals surface area contributed by atoms with E-state index in [1.54, 1.807) is 0 Å². The smallest absolute Gasteiger partial charge is 0.324 e. The van der Waals surface area contributed by atoms with Crippen LogP contribution in [0.3, 0.4) is 0 Å². The molecule has 13 nitrogen and oxygen atoms in total. The molecule has 1 aromatic heterocycles. The first kappa shape index (κ1) is 24.4. The van der Waals surface area contributed by atoms with Gasteiger partial charge in [-0.05, 0) is 12.0 Å². The molecule has 0 aliphatic heterocycles. The minimum absolute atomic E-state index is 0.447. The second-order valence-electron chi connectivity index (χ2n) is 6.57.